The molecule has 0 saturated carbocycles. The Hall–Kier alpha value is -0.770. The summed E-state index contributed by atoms with van der Waals surface area (Å²) in [6.45, 7) is 8.66. The molecule has 17 heavy (non-hydrogen) atoms. The first-order valence-electron chi connectivity index (χ1n) is 6.14. The van der Waals surface area contributed by atoms with Gasteiger partial charge in [0.05, 0.1) is 5.75 Å². The van der Waals surface area contributed by atoms with E-state index >= 15 is 0 Å². The molecule has 0 aliphatic carbocycles. The van der Waals surface area contributed by atoms with Gasteiger partial charge in [-0.2, -0.15) is 11.8 Å². The molecule has 4 heteroatoms. The van der Waals surface area contributed by atoms with Crippen molar-refractivity contribution in [2.45, 2.75) is 39.9 Å². The van der Waals surface area contributed by atoms with Crippen molar-refractivity contribution in [3.8, 4) is 0 Å². The van der Waals surface area contributed by atoms with Gasteiger partial charge in [0.1, 0.15) is 5.82 Å². The fraction of sp³-hybridized carbons (Fsp3) is 0.692. The number of hydrogen-bond acceptors (Lipinski definition) is 3. The number of hydrogen-bond donors (Lipinski definition) is 1. The molecule has 1 heterocycles. The molecule has 0 fully saturated rings. The van der Waals surface area contributed by atoms with Gasteiger partial charge in [-0.15, -0.1) is 0 Å². The number of nitrogens with one attached hydrogen (secondary N) is 1. The van der Waals surface area contributed by atoms with Crippen LogP contribution >= 0.6 is 11.8 Å². The zero-order valence-electron chi connectivity index (χ0n) is 11.1. The Balaban J connectivity index is 2.65. The zero-order valence-corrected chi connectivity index (χ0v) is 11.9. The average Bonchev–Trinajstić information content (AvgIpc) is 2.14. The summed E-state index contributed by atoms with van der Waals surface area (Å²) in [6, 6.07) is 1.61. The maximum Gasteiger partial charge on any atom is 0.251 e. The summed E-state index contributed by atoms with van der Waals surface area (Å²) in [7, 11) is 0. The van der Waals surface area contributed by atoms with E-state index in [1.807, 2.05) is 11.8 Å². The van der Waals surface area contributed by atoms with Crippen LogP contribution in [0.4, 0.5) is 0 Å². The van der Waals surface area contributed by atoms with Crippen molar-refractivity contribution in [1.29, 1.82) is 0 Å². The molecule has 0 spiro atoms. The molecule has 0 radical (unpaired) electrons. The average molecular weight is 254 g/mol. The first kappa shape index (κ1) is 14.3. The van der Waals surface area contributed by atoms with Gasteiger partial charge in [0.15, 0.2) is 0 Å². The van der Waals surface area contributed by atoms with E-state index in [-0.39, 0.29) is 5.56 Å². The lowest BCUT2D eigenvalue weighted by molar-refractivity contribution is 0.630. The summed E-state index contributed by atoms with van der Waals surface area (Å²) in [5.41, 5.74) is 0.875. The second kappa shape index (κ2) is 6.84. The van der Waals surface area contributed by atoms with Crippen molar-refractivity contribution in [2.24, 2.45) is 11.8 Å². The fourth-order valence-electron chi connectivity index (χ4n) is 1.55. The molecule has 3 nitrogen and oxygen atoms in total. The summed E-state index contributed by atoms with van der Waals surface area (Å²) in [5.74, 6) is 3.89. The lowest BCUT2D eigenvalue weighted by atomic mass is 10.1. The second-order valence-electron chi connectivity index (χ2n) is 5.19. The lowest BCUT2D eigenvalue weighted by Gasteiger charge is -2.07. The molecular weight excluding hydrogens is 232 g/mol. The standard InChI is InChI=1S/C13H22N2OS/c1-9(2)5-11-6-13(16)15-12(14-11)8-17-7-10(3)4/h6,9-10H,5,7-8H2,1-4H3,(H,14,15,16). The second-order valence-corrected chi connectivity index (χ2v) is 6.22. The first-order chi connectivity index (χ1) is 7.97. The van der Waals surface area contributed by atoms with Crippen LogP contribution in [-0.2, 0) is 12.2 Å². The molecule has 1 aromatic rings. The number of aromatic amines is 1. The van der Waals surface area contributed by atoms with E-state index < -0.39 is 0 Å². The molecule has 0 unspecified atom stereocenters. The largest absolute Gasteiger partial charge is 0.310 e. The maximum atomic E-state index is 11.5. The highest BCUT2D eigenvalue weighted by atomic mass is 32.2. The van der Waals surface area contributed by atoms with Crippen LogP contribution in [0.3, 0.4) is 0 Å². The Morgan fingerprint density at radius 1 is 1.29 bits per heavy atom. The van der Waals surface area contributed by atoms with Gasteiger partial charge in [0.2, 0.25) is 0 Å². The van der Waals surface area contributed by atoms with Crippen LogP contribution in [0.5, 0.6) is 0 Å². The minimum atomic E-state index is -0.0317. The predicted octanol–water partition coefficient (Wildman–Crippen LogP) is 2.86. The van der Waals surface area contributed by atoms with Gasteiger partial charge in [-0.25, -0.2) is 4.98 Å². The van der Waals surface area contributed by atoms with Crippen LogP contribution in [0.2, 0.25) is 0 Å². The highest BCUT2D eigenvalue weighted by molar-refractivity contribution is 7.98. The first-order valence-corrected chi connectivity index (χ1v) is 7.29. The zero-order chi connectivity index (χ0) is 12.8. The fourth-order valence-corrected chi connectivity index (χ4v) is 2.47. The number of nitrogens with zero attached hydrogens (tertiary/aromatic N) is 1. The van der Waals surface area contributed by atoms with E-state index in [1.165, 1.54) is 0 Å². The Kier molecular flexibility index (Phi) is 5.75. The predicted molar refractivity (Wildman–Crippen MR) is 74.4 cm³/mol. The third-order valence-corrected chi connectivity index (χ3v) is 3.53. The normalized spacial score (nSPS) is 11.4. The molecule has 0 aromatic carbocycles. The molecule has 1 N–H and O–H groups in total. The highest BCUT2D eigenvalue weighted by Crippen LogP contribution is 2.12. The monoisotopic (exact) mass is 254 g/mol. The SMILES string of the molecule is CC(C)CSCc1nc(CC(C)C)cc(=O)[nH]1. The van der Waals surface area contributed by atoms with E-state index in [1.54, 1.807) is 6.07 Å². The van der Waals surface area contributed by atoms with E-state index in [0.717, 1.165) is 29.4 Å². The Morgan fingerprint density at radius 2 is 2.00 bits per heavy atom. The molecule has 0 amide bonds. The van der Waals surface area contributed by atoms with E-state index in [0.29, 0.717) is 11.8 Å². The van der Waals surface area contributed by atoms with Gasteiger partial charge in [-0.3, -0.25) is 4.79 Å². The van der Waals surface area contributed by atoms with Crippen molar-refractivity contribution in [1.82, 2.24) is 9.97 Å². The van der Waals surface area contributed by atoms with Gasteiger partial charge < -0.3 is 4.98 Å². The molecule has 0 atom stereocenters. The molecule has 0 bridgehead atoms. The van der Waals surface area contributed by atoms with Gasteiger partial charge >= 0.3 is 0 Å². The van der Waals surface area contributed by atoms with Crippen molar-refractivity contribution in [3.63, 3.8) is 0 Å². The molecule has 0 saturated heterocycles. The number of aromatic nitrogens is 2. The molecule has 96 valence electrons. The number of H-pyrrole nitrogens is 1. The number of thioether (sulfide) groups is 1. The van der Waals surface area contributed by atoms with Crippen LogP contribution in [0.25, 0.3) is 0 Å². The summed E-state index contributed by atoms with van der Waals surface area (Å²) >= 11 is 1.82. The van der Waals surface area contributed by atoms with Crippen molar-refractivity contribution in [3.05, 3.63) is 27.9 Å². The van der Waals surface area contributed by atoms with Crippen LogP contribution in [0.15, 0.2) is 10.9 Å². The van der Waals surface area contributed by atoms with Crippen LogP contribution in [0.1, 0.15) is 39.2 Å². The molecular formula is C13H22N2OS. The third kappa shape index (κ3) is 5.91. The van der Waals surface area contributed by atoms with E-state index in [2.05, 4.69) is 37.7 Å². The van der Waals surface area contributed by atoms with Crippen molar-refractivity contribution < 1.29 is 0 Å². The van der Waals surface area contributed by atoms with Gasteiger partial charge in [-0.05, 0) is 24.0 Å². The maximum absolute atomic E-state index is 11.5. The topological polar surface area (TPSA) is 45.8 Å². The molecule has 1 rings (SSSR count). The molecule has 0 aliphatic rings. The van der Waals surface area contributed by atoms with Gasteiger partial charge in [-0.1, -0.05) is 27.7 Å². The summed E-state index contributed by atoms with van der Waals surface area (Å²) < 4.78 is 0. The Bertz CT molecular complexity index is 399. The van der Waals surface area contributed by atoms with Crippen LogP contribution in [0, 0.1) is 11.8 Å². The van der Waals surface area contributed by atoms with Gasteiger partial charge in [0, 0.05) is 11.8 Å². The van der Waals surface area contributed by atoms with E-state index in [9.17, 15) is 4.79 Å². The smallest absolute Gasteiger partial charge is 0.251 e. The van der Waals surface area contributed by atoms with Crippen molar-refractivity contribution >= 4 is 11.8 Å². The minimum absolute atomic E-state index is 0.0317. The van der Waals surface area contributed by atoms with Crippen molar-refractivity contribution in [2.75, 3.05) is 5.75 Å². The minimum Gasteiger partial charge on any atom is -0.310 e. The van der Waals surface area contributed by atoms with E-state index in [4.69, 9.17) is 0 Å². The summed E-state index contributed by atoms with van der Waals surface area (Å²) in [6.07, 6.45) is 0.867. The summed E-state index contributed by atoms with van der Waals surface area (Å²) in [5, 5.41) is 0. The van der Waals surface area contributed by atoms with Gasteiger partial charge in [0.25, 0.3) is 5.56 Å². The third-order valence-electron chi connectivity index (χ3n) is 2.15. The molecule has 0 aliphatic heterocycles. The van der Waals surface area contributed by atoms with Crippen LogP contribution in [-0.4, -0.2) is 15.7 Å². The summed E-state index contributed by atoms with van der Waals surface area (Å²) in [4.78, 5) is 18.8. The Morgan fingerprint density at radius 3 is 2.59 bits per heavy atom. The molecule has 1 aromatic heterocycles. The number of rotatable bonds is 6. The highest BCUT2D eigenvalue weighted by Gasteiger charge is 2.04. The van der Waals surface area contributed by atoms with Crippen LogP contribution < -0.4 is 5.56 Å². The Labute approximate surface area is 107 Å². The quantitative estimate of drug-likeness (QED) is 0.849. The lowest BCUT2D eigenvalue weighted by Crippen LogP contribution is -2.13.